The van der Waals surface area contributed by atoms with Crippen molar-refractivity contribution in [3.8, 4) is 0 Å². The highest BCUT2D eigenvalue weighted by atomic mass is 16.5. The molecule has 0 aliphatic carbocycles. The van der Waals surface area contributed by atoms with Crippen molar-refractivity contribution < 1.29 is 19.1 Å². The molecule has 0 bridgehead atoms. The largest absolute Gasteiger partial charge is 0.382 e. The van der Waals surface area contributed by atoms with E-state index in [0.29, 0.717) is 13.3 Å². The molecule has 4 nitrogen and oxygen atoms in total. The van der Waals surface area contributed by atoms with Crippen molar-refractivity contribution in [2.75, 3.05) is 46.7 Å². The Morgan fingerprint density at radius 2 is 1.94 bits per heavy atom. The summed E-state index contributed by atoms with van der Waals surface area (Å²) < 4.78 is 11.5. The van der Waals surface area contributed by atoms with Gasteiger partial charge in [-0.1, -0.05) is 30.3 Å². The molecule has 4 heteroatoms. The molecule has 1 aliphatic heterocycles. The molecular weight excluding hydrogens is 230 g/mol. The minimum atomic E-state index is -0.445. The third-order valence-corrected chi connectivity index (χ3v) is 3.57. The predicted octanol–water partition coefficient (Wildman–Crippen LogP) is 1.17. The van der Waals surface area contributed by atoms with Gasteiger partial charge in [0.1, 0.15) is 25.7 Å². The summed E-state index contributed by atoms with van der Waals surface area (Å²) in [6.45, 7) is 4.60. The maximum atomic E-state index is 10.4. The van der Waals surface area contributed by atoms with Crippen LogP contribution in [-0.2, 0) is 9.47 Å². The second kappa shape index (κ2) is 6.29. The minimum absolute atomic E-state index is 0.445. The Kier molecular flexibility index (Phi) is 4.72. The van der Waals surface area contributed by atoms with Gasteiger partial charge < -0.3 is 14.6 Å². The molecule has 1 aromatic rings. The third kappa shape index (κ3) is 3.29. The first-order valence-electron chi connectivity index (χ1n) is 6.40. The number of hydrogen-bond acceptors (Lipinski definition) is 3. The van der Waals surface area contributed by atoms with Gasteiger partial charge in [-0.25, -0.2) is 0 Å². The molecule has 1 heterocycles. The number of ether oxygens (including phenoxy) is 2. The fourth-order valence-corrected chi connectivity index (χ4v) is 2.52. The molecule has 1 fully saturated rings. The number of benzene rings is 1. The van der Waals surface area contributed by atoms with Crippen molar-refractivity contribution in [2.45, 2.75) is 6.10 Å². The van der Waals surface area contributed by atoms with E-state index in [9.17, 15) is 5.11 Å². The van der Waals surface area contributed by atoms with E-state index in [2.05, 4.69) is 0 Å². The Morgan fingerprint density at radius 1 is 1.28 bits per heavy atom. The molecule has 1 N–H and O–H groups in total. The average Bonchev–Trinajstić information content (AvgIpc) is 2.41. The van der Waals surface area contributed by atoms with E-state index >= 15 is 0 Å². The fourth-order valence-electron chi connectivity index (χ4n) is 2.52. The number of quaternary nitrogens is 1. The monoisotopic (exact) mass is 252 g/mol. The van der Waals surface area contributed by atoms with Crippen molar-refractivity contribution in [3.05, 3.63) is 35.9 Å². The summed E-state index contributed by atoms with van der Waals surface area (Å²) in [6, 6.07) is 9.81. The molecular formula is C14H22NO3+. The second-order valence-electron chi connectivity index (χ2n) is 4.93. The highest BCUT2D eigenvalue weighted by Crippen LogP contribution is 2.20. The van der Waals surface area contributed by atoms with Gasteiger partial charge in [-0.2, -0.15) is 0 Å². The maximum absolute atomic E-state index is 10.4. The first kappa shape index (κ1) is 13.5. The molecule has 0 amide bonds. The van der Waals surface area contributed by atoms with Gasteiger partial charge in [0, 0.05) is 7.11 Å². The summed E-state index contributed by atoms with van der Waals surface area (Å²) >= 11 is 0. The smallest absolute Gasteiger partial charge is 0.183 e. The van der Waals surface area contributed by atoms with E-state index in [1.165, 1.54) is 0 Å². The van der Waals surface area contributed by atoms with Gasteiger partial charge in [-0.05, 0) is 5.56 Å². The summed E-state index contributed by atoms with van der Waals surface area (Å²) in [6.07, 6.45) is -0.445. The molecule has 1 unspecified atom stereocenters. The summed E-state index contributed by atoms with van der Waals surface area (Å²) in [5.41, 5.74) is 0.970. The van der Waals surface area contributed by atoms with E-state index < -0.39 is 6.10 Å². The molecule has 1 atom stereocenters. The normalized spacial score (nSPS) is 20.6. The van der Waals surface area contributed by atoms with Gasteiger partial charge in [0.15, 0.2) is 6.73 Å². The van der Waals surface area contributed by atoms with Gasteiger partial charge >= 0.3 is 0 Å². The number of aliphatic hydroxyl groups excluding tert-OH is 1. The highest BCUT2D eigenvalue weighted by molar-refractivity contribution is 5.17. The zero-order chi connectivity index (χ0) is 12.8. The van der Waals surface area contributed by atoms with Crippen LogP contribution in [-0.4, -0.2) is 56.3 Å². The van der Waals surface area contributed by atoms with Crippen LogP contribution in [0.5, 0.6) is 0 Å². The molecule has 1 saturated heterocycles. The van der Waals surface area contributed by atoms with Gasteiger partial charge in [-0.15, -0.1) is 0 Å². The molecule has 0 aromatic heterocycles. The van der Waals surface area contributed by atoms with Crippen LogP contribution >= 0.6 is 0 Å². The van der Waals surface area contributed by atoms with Gasteiger partial charge in [0.25, 0.3) is 0 Å². The van der Waals surface area contributed by atoms with Crippen molar-refractivity contribution in [3.63, 3.8) is 0 Å². The topological polar surface area (TPSA) is 38.7 Å². The number of rotatable bonds is 5. The quantitative estimate of drug-likeness (QED) is 0.800. The number of aliphatic hydroxyl groups is 1. The molecule has 0 spiro atoms. The standard InChI is InChI=1S/C14H22NO3/c1-17-12-15(7-9-18-10-8-15)11-14(16)13-5-3-2-4-6-13/h2-6,14,16H,7-12H2,1H3/q+1. The lowest BCUT2D eigenvalue weighted by Gasteiger charge is -2.41. The van der Waals surface area contributed by atoms with E-state index in [1.807, 2.05) is 30.3 Å². The molecule has 0 saturated carbocycles. The third-order valence-electron chi connectivity index (χ3n) is 3.57. The summed E-state index contributed by atoms with van der Waals surface area (Å²) in [7, 11) is 1.71. The minimum Gasteiger partial charge on any atom is -0.382 e. The SMILES string of the molecule is COC[N+]1(CC(O)c2ccccc2)CCOCC1. The second-order valence-corrected chi connectivity index (χ2v) is 4.93. The number of methoxy groups -OCH3 is 1. The van der Waals surface area contributed by atoms with Crippen molar-refractivity contribution >= 4 is 0 Å². The summed E-state index contributed by atoms with van der Waals surface area (Å²) in [5.74, 6) is 0. The summed E-state index contributed by atoms with van der Waals surface area (Å²) in [5, 5.41) is 10.4. The van der Waals surface area contributed by atoms with Crippen LogP contribution in [0.3, 0.4) is 0 Å². The van der Waals surface area contributed by atoms with Gasteiger partial charge in [0.2, 0.25) is 0 Å². The van der Waals surface area contributed by atoms with Crippen LogP contribution < -0.4 is 0 Å². The Morgan fingerprint density at radius 3 is 2.56 bits per heavy atom. The van der Waals surface area contributed by atoms with Crippen molar-refractivity contribution in [1.29, 1.82) is 0 Å². The van der Waals surface area contributed by atoms with Crippen LogP contribution in [0, 0.1) is 0 Å². The average molecular weight is 252 g/mol. The zero-order valence-corrected chi connectivity index (χ0v) is 10.9. The van der Waals surface area contributed by atoms with Crippen LogP contribution in [0.1, 0.15) is 11.7 Å². The zero-order valence-electron chi connectivity index (χ0n) is 10.9. The Bertz CT molecular complexity index is 344. The van der Waals surface area contributed by atoms with Crippen molar-refractivity contribution in [2.24, 2.45) is 0 Å². The van der Waals surface area contributed by atoms with Crippen LogP contribution in [0.15, 0.2) is 30.3 Å². The molecule has 100 valence electrons. The Labute approximate surface area is 108 Å². The summed E-state index contributed by atoms with van der Waals surface area (Å²) in [4.78, 5) is 0. The lowest BCUT2D eigenvalue weighted by molar-refractivity contribution is -0.954. The van der Waals surface area contributed by atoms with Gasteiger partial charge in [0.05, 0.1) is 13.2 Å². The Balaban J connectivity index is 2.04. The fraction of sp³-hybridized carbons (Fsp3) is 0.571. The van der Waals surface area contributed by atoms with E-state index in [0.717, 1.165) is 36.3 Å². The predicted molar refractivity (Wildman–Crippen MR) is 69.0 cm³/mol. The lowest BCUT2D eigenvalue weighted by Crippen LogP contribution is -2.57. The van der Waals surface area contributed by atoms with Crippen molar-refractivity contribution in [1.82, 2.24) is 0 Å². The number of nitrogens with zero attached hydrogens (tertiary/aromatic N) is 1. The molecule has 2 rings (SSSR count). The van der Waals surface area contributed by atoms with E-state index in [4.69, 9.17) is 9.47 Å². The number of hydrogen-bond donors (Lipinski definition) is 1. The van der Waals surface area contributed by atoms with E-state index in [1.54, 1.807) is 7.11 Å². The molecule has 1 aromatic carbocycles. The Hall–Kier alpha value is -0.940. The lowest BCUT2D eigenvalue weighted by atomic mass is 10.1. The van der Waals surface area contributed by atoms with Crippen LogP contribution in [0.25, 0.3) is 0 Å². The van der Waals surface area contributed by atoms with E-state index in [-0.39, 0.29) is 0 Å². The van der Waals surface area contributed by atoms with Crippen LogP contribution in [0.4, 0.5) is 0 Å². The van der Waals surface area contributed by atoms with Gasteiger partial charge in [-0.3, -0.25) is 4.48 Å². The number of morpholine rings is 1. The molecule has 18 heavy (non-hydrogen) atoms. The highest BCUT2D eigenvalue weighted by Gasteiger charge is 2.33. The van der Waals surface area contributed by atoms with Crippen LogP contribution in [0.2, 0.25) is 0 Å². The first-order valence-corrected chi connectivity index (χ1v) is 6.40. The maximum Gasteiger partial charge on any atom is 0.183 e. The molecule has 0 radical (unpaired) electrons. The molecule has 1 aliphatic rings. The first-order chi connectivity index (χ1) is 8.76.